The molecule has 4 heteroatoms. The van der Waals surface area contributed by atoms with E-state index in [0.29, 0.717) is 0 Å². The third kappa shape index (κ3) is 3.45. The van der Waals surface area contributed by atoms with E-state index in [1.54, 1.807) is 6.20 Å². The van der Waals surface area contributed by atoms with Crippen molar-refractivity contribution in [3.05, 3.63) is 47.2 Å². The highest BCUT2D eigenvalue weighted by atomic mass is 16.1. The zero-order chi connectivity index (χ0) is 20.0. The average Bonchev–Trinajstić information content (AvgIpc) is 2.70. The van der Waals surface area contributed by atoms with Gasteiger partial charge in [-0.15, -0.1) is 0 Å². The van der Waals surface area contributed by atoms with E-state index in [1.807, 2.05) is 0 Å². The minimum absolute atomic E-state index is 0.141. The van der Waals surface area contributed by atoms with E-state index in [9.17, 15) is 10.1 Å². The SMILES string of the molecule is CC(NC(=O)/C(C#N)=C\N1CCc2ccccc2C1)C12CC3CC(CC(C3)C1)C2. The van der Waals surface area contributed by atoms with Gasteiger partial charge in [-0.3, -0.25) is 4.79 Å². The minimum Gasteiger partial charge on any atom is -0.371 e. The van der Waals surface area contributed by atoms with E-state index in [0.717, 1.165) is 37.3 Å². The summed E-state index contributed by atoms with van der Waals surface area (Å²) in [6.45, 7) is 3.79. The Morgan fingerprint density at radius 3 is 2.41 bits per heavy atom. The van der Waals surface area contributed by atoms with Crippen molar-refractivity contribution in [3.63, 3.8) is 0 Å². The number of fused-ring (bicyclic) bond motifs is 1. The third-order valence-electron chi connectivity index (χ3n) is 8.19. The summed E-state index contributed by atoms with van der Waals surface area (Å²) in [7, 11) is 0. The number of benzene rings is 1. The second-order valence-electron chi connectivity index (χ2n) is 10.1. The van der Waals surface area contributed by atoms with Gasteiger partial charge in [-0.1, -0.05) is 24.3 Å². The first-order valence-electron chi connectivity index (χ1n) is 11.3. The number of hydrogen-bond acceptors (Lipinski definition) is 3. The number of hydrogen-bond donors (Lipinski definition) is 1. The normalized spacial score (nSPS) is 33.7. The minimum atomic E-state index is -0.199. The molecule has 1 heterocycles. The van der Waals surface area contributed by atoms with Crippen LogP contribution in [-0.2, 0) is 17.8 Å². The van der Waals surface area contributed by atoms with E-state index in [-0.39, 0.29) is 22.9 Å². The van der Waals surface area contributed by atoms with Crippen LogP contribution in [-0.4, -0.2) is 23.4 Å². The summed E-state index contributed by atoms with van der Waals surface area (Å²) in [4.78, 5) is 15.1. The Hall–Kier alpha value is -2.28. The van der Waals surface area contributed by atoms with Crippen molar-refractivity contribution >= 4 is 5.91 Å². The summed E-state index contributed by atoms with van der Waals surface area (Å²) in [6.07, 6.45) is 10.7. The molecule has 1 amide bonds. The lowest BCUT2D eigenvalue weighted by molar-refractivity contribution is -0.122. The molecule has 1 atom stereocenters. The Morgan fingerprint density at radius 1 is 1.17 bits per heavy atom. The van der Waals surface area contributed by atoms with Crippen LogP contribution in [0.2, 0.25) is 0 Å². The van der Waals surface area contributed by atoms with Crippen molar-refractivity contribution in [1.82, 2.24) is 10.2 Å². The molecular formula is C25H31N3O. The summed E-state index contributed by atoms with van der Waals surface area (Å²) in [5.41, 5.74) is 3.15. The lowest BCUT2D eigenvalue weighted by Gasteiger charge is -2.59. The highest BCUT2D eigenvalue weighted by molar-refractivity contribution is 5.97. The van der Waals surface area contributed by atoms with Crippen LogP contribution in [0.5, 0.6) is 0 Å². The van der Waals surface area contributed by atoms with E-state index in [1.165, 1.54) is 49.7 Å². The molecule has 4 fully saturated rings. The molecule has 1 aromatic rings. The number of nitriles is 1. The van der Waals surface area contributed by atoms with Gasteiger partial charge in [0.25, 0.3) is 5.91 Å². The molecule has 0 spiro atoms. The van der Waals surface area contributed by atoms with Gasteiger partial charge in [0.05, 0.1) is 0 Å². The van der Waals surface area contributed by atoms with Gasteiger partial charge < -0.3 is 10.2 Å². The maximum atomic E-state index is 13.0. The fraction of sp³-hybridized carbons (Fsp3) is 0.600. The molecule has 5 aliphatic rings. The molecule has 4 nitrogen and oxygen atoms in total. The van der Waals surface area contributed by atoms with Crippen LogP contribution < -0.4 is 5.32 Å². The fourth-order valence-corrected chi connectivity index (χ4v) is 7.08. The van der Waals surface area contributed by atoms with Gasteiger partial charge in [-0.05, 0) is 86.2 Å². The molecule has 4 saturated carbocycles. The second-order valence-corrected chi connectivity index (χ2v) is 10.1. The van der Waals surface area contributed by atoms with Crippen molar-refractivity contribution in [2.75, 3.05) is 6.54 Å². The van der Waals surface area contributed by atoms with E-state index >= 15 is 0 Å². The average molecular weight is 390 g/mol. The summed E-state index contributed by atoms with van der Waals surface area (Å²) in [6, 6.07) is 10.7. The molecule has 0 aromatic heterocycles. The highest BCUT2D eigenvalue weighted by Crippen LogP contribution is 2.61. The Morgan fingerprint density at radius 2 is 1.79 bits per heavy atom. The number of nitrogens with one attached hydrogen (secondary N) is 1. The Bertz CT molecular complexity index is 845. The molecule has 29 heavy (non-hydrogen) atoms. The van der Waals surface area contributed by atoms with Gasteiger partial charge in [0, 0.05) is 25.3 Å². The van der Waals surface area contributed by atoms with Gasteiger partial charge in [0.2, 0.25) is 0 Å². The van der Waals surface area contributed by atoms with Gasteiger partial charge >= 0.3 is 0 Å². The van der Waals surface area contributed by atoms with Crippen LogP contribution in [0.25, 0.3) is 0 Å². The molecule has 1 aromatic carbocycles. The van der Waals surface area contributed by atoms with Crippen LogP contribution in [0.1, 0.15) is 56.6 Å². The molecule has 1 unspecified atom stereocenters. The molecule has 1 aliphatic heterocycles. The van der Waals surface area contributed by atoms with Crippen LogP contribution in [0.15, 0.2) is 36.0 Å². The Balaban J connectivity index is 1.27. The summed E-state index contributed by atoms with van der Waals surface area (Å²) in [5, 5.41) is 12.9. The molecular weight excluding hydrogens is 358 g/mol. The monoisotopic (exact) mass is 389 g/mol. The van der Waals surface area contributed by atoms with Gasteiger partial charge in [0.1, 0.15) is 11.6 Å². The maximum Gasteiger partial charge on any atom is 0.263 e. The van der Waals surface area contributed by atoms with E-state index in [2.05, 4.69) is 47.5 Å². The van der Waals surface area contributed by atoms with Crippen molar-refractivity contribution in [2.45, 2.75) is 64.5 Å². The van der Waals surface area contributed by atoms with E-state index in [4.69, 9.17) is 0 Å². The predicted octanol–water partition coefficient (Wildman–Crippen LogP) is 4.17. The number of carbonyl (C=O) groups excluding carboxylic acids is 1. The first-order valence-corrected chi connectivity index (χ1v) is 11.3. The van der Waals surface area contributed by atoms with E-state index < -0.39 is 0 Å². The molecule has 4 bridgehead atoms. The van der Waals surface area contributed by atoms with Gasteiger partial charge in [0.15, 0.2) is 0 Å². The van der Waals surface area contributed by atoms with Gasteiger partial charge in [-0.2, -0.15) is 5.26 Å². The molecule has 6 rings (SSSR count). The third-order valence-corrected chi connectivity index (χ3v) is 8.19. The van der Waals surface area contributed by atoms with Crippen molar-refractivity contribution in [3.8, 4) is 6.07 Å². The van der Waals surface area contributed by atoms with Crippen molar-refractivity contribution in [2.24, 2.45) is 23.2 Å². The number of carbonyl (C=O) groups is 1. The lowest BCUT2D eigenvalue weighted by Crippen LogP contribution is -2.56. The topological polar surface area (TPSA) is 56.1 Å². The molecule has 4 aliphatic carbocycles. The van der Waals surface area contributed by atoms with Crippen LogP contribution in [0.3, 0.4) is 0 Å². The van der Waals surface area contributed by atoms with Crippen LogP contribution in [0.4, 0.5) is 0 Å². The zero-order valence-corrected chi connectivity index (χ0v) is 17.4. The van der Waals surface area contributed by atoms with Crippen LogP contribution >= 0.6 is 0 Å². The molecule has 1 N–H and O–H groups in total. The molecule has 152 valence electrons. The summed E-state index contributed by atoms with van der Waals surface area (Å²) >= 11 is 0. The second kappa shape index (κ2) is 7.20. The quantitative estimate of drug-likeness (QED) is 0.621. The Kier molecular flexibility index (Phi) is 4.65. The smallest absolute Gasteiger partial charge is 0.263 e. The number of amides is 1. The fourth-order valence-electron chi connectivity index (χ4n) is 7.08. The number of rotatable bonds is 4. The van der Waals surface area contributed by atoms with Gasteiger partial charge in [-0.25, -0.2) is 0 Å². The zero-order valence-electron chi connectivity index (χ0n) is 17.4. The first-order chi connectivity index (χ1) is 14.0. The standard InChI is InChI=1S/C25H31N3O/c1-17(25-11-18-8-19(12-25)10-20(9-18)13-25)27-24(29)23(14-26)16-28-7-6-21-4-2-3-5-22(21)15-28/h2-5,16-20H,6-13,15H2,1H3,(H,27,29)/b23-16-. The first kappa shape index (κ1) is 18.7. The lowest BCUT2D eigenvalue weighted by atomic mass is 9.48. The highest BCUT2D eigenvalue weighted by Gasteiger charge is 2.53. The van der Waals surface area contributed by atoms with Crippen LogP contribution in [0, 0.1) is 34.5 Å². The predicted molar refractivity (Wildman–Crippen MR) is 112 cm³/mol. The Labute approximate surface area is 174 Å². The number of nitrogens with zero attached hydrogens (tertiary/aromatic N) is 2. The molecule has 0 radical (unpaired) electrons. The molecule has 0 saturated heterocycles. The van der Waals surface area contributed by atoms with Crippen molar-refractivity contribution < 1.29 is 4.79 Å². The summed E-state index contributed by atoms with van der Waals surface area (Å²) < 4.78 is 0. The maximum absolute atomic E-state index is 13.0. The van der Waals surface area contributed by atoms with Crippen molar-refractivity contribution in [1.29, 1.82) is 5.26 Å². The summed E-state index contributed by atoms with van der Waals surface area (Å²) in [5.74, 6) is 2.38. The largest absolute Gasteiger partial charge is 0.371 e.